The molecule has 14 heavy (non-hydrogen) atoms. The number of carbonyl (C=O) groups excluding carboxylic acids is 1. The first-order valence-corrected chi connectivity index (χ1v) is 5.57. The lowest BCUT2D eigenvalue weighted by molar-refractivity contribution is 0.0784. The number of hydrogen-bond acceptors (Lipinski definition) is 2. The summed E-state index contributed by atoms with van der Waals surface area (Å²) in [6.45, 7) is 13.2. The summed E-state index contributed by atoms with van der Waals surface area (Å²) >= 11 is 0. The highest BCUT2D eigenvalue weighted by Crippen LogP contribution is 1.98. The van der Waals surface area contributed by atoms with Gasteiger partial charge in [-0.2, -0.15) is 0 Å². The largest absolute Gasteiger partial charge is 0.447 e. The normalized spacial score (nSPS) is 9.07. The van der Waals surface area contributed by atoms with Crippen LogP contribution in [0.3, 0.4) is 0 Å². The smallest absolute Gasteiger partial charge is 0.409 e. The molecule has 0 rings (SSSR count). The summed E-state index contributed by atoms with van der Waals surface area (Å²) in [6, 6.07) is 0. The van der Waals surface area contributed by atoms with Crippen LogP contribution in [0.2, 0.25) is 0 Å². The molecule has 0 spiro atoms. The van der Waals surface area contributed by atoms with Crippen molar-refractivity contribution < 1.29 is 9.53 Å². The van der Waals surface area contributed by atoms with Crippen molar-refractivity contribution in [3.63, 3.8) is 0 Å². The molecule has 0 aromatic carbocycles. The SMILES string of the molecule is CC.CCCN(CC)C(=O)OC(C)C. The summed E-state index contributed by atoms with van der Waals surface area (Å²) in [5.74, 6) is 0. The van der Waals surface area contributed by atoms with Gasteiger partial charge in [0.05, 0.1) is 6.10 Å². The Balaban J connectivity index is 0. The molecule has 0 aliphatic rings. The first-order valence-electron chi connectivity index (χ1n) is 5.57. The number of hydrogen-bond donors (Lipinski definition) is 0. The highest BCUT2D eigenvalue weighted by Gasteiger charge is 2.12. The molecule has 0 aliphatic carbocycles. The second-order valence-corrected chi connectivity index (χ2v) is 3.01. The van der Waals surface area contributed by atoms with Gasteiger partial charge in [-0.3, -0.25) is 0 Å². The molecule has 1 amide bonds. The molecule has 86 valence electrons. The summed E-state index contributed by atoms with van der Waals surface area (Å²) in [4.78, 5) is 13.0. The van der Waals surface area contributed by atoms with Crippen molar-refractivity contribution in [2.75, 3.05) is 13.1 Å². The lowest BCUT2D eigenvalue weighted by Crippen LogP contribution is -2.33. The van der Waals surface area contributed by atoms with E-state index < -0.39 is 0 Å². The molecule has 3 heteroatoms. The molecule has 0 unspecified atom stereocenters. The lowest BCUT2D eigenvalue weighted by atomic mass is 10.4. The number of carbonyl (C=O) groups is 1. The third-order valence-electron chi connectivity index (χ3n) is 1.47. The Bertz CT molecular complexity index is 135. The maximum atomic E-state index is 11.3. The average molecular weight is 203 g/mol. The van der Waals surface area contributed by atoms with Crippen molar-refractivity contribution in [3.05, 3.63) is 0 Å². The number of amides is 1. The van der Waals surface area contributed by atoms with Gasteiger partial charge in [-0.15, -0.1) is 0 Å². The minimum atomic E-state index is -0.200. The predicted octanol–water partition coefficient (Wildman–Crippen LogP) is 3.29. The van der Waals surface area contributed by atoms with E-state index in [0.29, 0.717) is 0 Å². The van der Waals surface area contributed by atoms with Crippen LogP contribution in [0.1, 0.15) is 48.0 Å². The zero-order valence-corrected chi connectivity index (χ0v) is 10.5. The monoisotopic (exact) mass is 203 g/mol. The van der Waals surface area contributed by atoms with E-state index in [9.17, 15) is 4.79 Å². The highest BCUT2D eigenvalue weighted by molar-refractivity contribution is 5.67. The van der Waals surface area contributed by atoms with Crippen molar-refractivity contribution in [1.82, 2.24) is 4.90 Å². The Labute approximate surface area is 88.4 Å². The van der Waals surface area contributed by atoms with Gasteiger partial charge in [0.2, 0.25) is 0 Å². The topological polar surface area (TPSA) is 29.5 Å². The molecule has 3 nitrogen and oxygen atoms in total. The van der Waals surface area contributed by atoms with Crippen molar-refractivity contribution in [2.45, 2.75) is 54.1 Å². The van der Waals surface area contributed by atoms with E-state index in [4.69, 9.17) is 4.74 Å². The molecule has 0 aromatic heterocycles. The second-order valence-electron chi connectivity index (χ2n) is 3.01. The average Bonchev–Trinajstić information content (AvgIpc) is 2.16. The minimum absolute atomic E-state index is 0.0246. The fourth-order valence-electron chi connectivity index (χ4n) is 0.925. The quantitative estimate of drug-likeness (QED) is 0.701. The van der Waals surface area contributed by atoms with E-state index in [2.05, 4.69) is 0 Å². The van der Waals surface area contributed by atoms with E-state index in [-0.39, 0.29) is 12.2 Å². The maximum Gasteiger partial charge on any atom is 0.409 e. The molecule has 0 saturated carbocycles. The first kappa shape index (κ1) is 15.7. The molecular weight excluding hydrogens is 178 g/mol. The van der Waals surface area contributed by atoms with Gasteiger partial charge in [0.1, 0.15) is 0 Å². The zero-order chi connectivity index (χ0) is 11.6. The van der Waals surface area contributed by atoms with E-state index in [0.717, 1.165) is 19.5 Å². The van der Waals surface area contributed by atoms with Gasteiger partial charge < -0.3 is 9.64 Å². The molecule has 0 fully saturated rings. The minimum Gasteiger partial charge on any atom is -0.447 e. The van der Waals surface area contributed by atoms with Crippen LogP contribution in [0.25, 0.3) is 0 Å². The van der Waals surface area contributed by atoms with E-state index in [1.165, 1.54) is 0 Å². The summed E-state index contributed by atoms with van der Waals surface area (Å²) in [7, 11) is 0. The molecule has 0 N–H and O–H groups in total. The third kappa shape index (κ3) is 7.90. The molecule has 0 aliphatic heterocycles. The molecule has 0 saturated heterocycles. The number of nitrogens with zero attached hydrogens (tertiary/aromatic N) is 1. The van der Waals surface area contributed by atoms with Gasteiger partial charge in [-0.25, -0.2) is 4.79 Å². The lowest BCUT2D eigenvalue weighted by Gasteiger charge is -2.20. The summed E-state index contributed by atoms with van der Waals surface area (Å²) in [5.41, 5.74) is 0. The molecule has 0 atom stereocenters. The maximum absolute atomic E-state index is 11.3. The van der Waals surface area contributed by atoms with Crippen LogP contribution in [-0.4, -0.2) is 30.2 Å². The van der Waals surface area contributed by atoms with Crippen LogP contribution in [0.15, 0.2) is 0 Å². The highest BCUT2D eigenvalue weighted by atomic mass is 16.6. The van der Waals surface area contributed by atoms with Gasteiger partial charge in [0.25, 0.3) is 0 Å². The molecule has 0 heterocycles. The van der Waals surface area contributed by atoms with Crippen molar-refractivity contribution in [3.8, 4) is 0 Å². The first-order chi connectivity index (χ1) is 6.61. The Morgan fingerprint density at radius 2 is 1.79 bits per heavy atom. The zero-order valence-electron chi connectivity index (χ0n) is 10.5. The third-order valence-corrected chi connectivity index (χ3v) is 1.47. The molecule has 0 bridgehead atoms. The Kier molecular flexibility index (Phi) is 11.6. The fourth-order valence-corrected chi connectivity index (χ4v) is 0.925. The van der Waals surface area contributed by atoms with Gasteiger partial charge in [-0.1, -0.05) is 20.8 Å². The van der Waals surface area contributed by atoms with Crippen LogP contribution in [-0.2, 0) is 4.74 Å². The number of rotatable bonds is 4. The summed E-state index contributed by atoms with van der Waals surface area (Å²) < 4.78 is 5.04. The Morgan fingerprint density at radius 1 is 1.29 bits per heavy atom. The fraction of sp³-hybridized carbons (Fsp3) is 0.909. The van der Waals surface area contributed by atoms with Crippen molar-refractivity contribution >= 4 is 6.09 Å². The van der Waals surface area contributed by atoms with E-state index in [1.807, 2.05) is 41.5 Å². The Hall–Kier alpha value is -0.730. The predicted molar refractivity (Wildman–Crippen MR) is 60.5 cm³/mol. The van der Waals surface area contributed by atoms with Crippen molar-refractivity contribution in [1.29, 1.82) is 0 Å². The van der Waals surface area contributed by atoms with Gasteiger partial charge in [0, 0.05) is 13.1 Å². The van der Waals surface area contributed by atoms with Gasteiger partial charge in [-0.05, 0) is 27.2 Å². The van der Waals surface area contributed by atoms with Crippen LogP contribution >= 0.6 is 0 Å². The Morgan fingerprint density at radius 3 is 2.07 bits per heavy atom. The van der Waals surface area contributed by atoms with Gasteiger partial charge in [0.15, 0.2) is 0 Å². The van der Waals surface area contributed by atoms with E-state index in [1.54, 1.807) is 4.90 Å². The van der Waals surface area contributed by atoms with Crippen LogP contribution < -0.4 is 0 Å². The summed E-state index contributed by atoms with van der Waals surface area (Å²) in [5, 5.41) is 0. The molecule has 0 radical (unpaired) electrons. The summed E-state index contributed by atoms with van der Waals surface area (Å²) in [6.07, 6.45) is 0.749. The molecular formula is C11H25NO2. The standard InChI is InChI=1S/C9H19NO2.C2H6/c1-5-7-10(6-2)9(11)12-8(3)4;1-2/h8H,5-7H2,1-4H3;1-2H3. The van der Waals surface area contributed by atoms with Crippen LogP contribution in [0.5, 0.6) is 0 Å². The second kappa shape index (κ2) is 10.4. The number of ether oxygens (including phenoxy) is 1. The van der Waals surface area contributed by atoms with E-state index >= 15 is 0 Å². The van der Waals surface area contributed by atoms with Crippen molar-refractivity contribution in [2.24, 2.45) is 0 Å². The van der Waals surface area contributed by atoms with Crippen LogP contribution in [0, 0.1) is 0 Å². The van der Waals surface area contributed by atoms with Crippen LogP contribution in [0.4, 0.5) is 4.79 Å². The molecule has 0 aromatic rings. The van der Waals surface area contributed by atoms with Gasteiger partial charge >= 0.3 is 6.09 Å².